The highest BCUT2D eigenvalue weighted by molar-refractivity contribution is 5.43. The van der Waals surface area contributed by atoms with E-state index in [1.54, 1.807) is 0 Å². The van der Waals surface area contributed by atoms with Crippen LogP contribution in [0, 0.1) is 18.8 Å². The van der Waals surface area contributed by atoms with Gasteiger partial charge in [0.15, 0.2) is 0 Å². The average Bonchev–Trinajstić information content (AvgIpc) is 2.46. The van der Waals surface area contributed by atoms with Gasteiger partial charge in [-0.3, -0.25) is 0 Å². The zero-order valence-electron chi connectivity index (χ0n) is 11.9. The van der Waals surface area contributed by atoms with Crippen LogP contribution in [0.2, 0.25) is 0 Å². The van der Waals surface area contributed by atoms with E-state index in [0.717, 1.165) is 23.3 Å². The predicted molar refractivity (Wildman–Crippen MR) is 79.1 cm³/mol. The molecular weight excluding hydrogens is 234 g/mol. The fourth-order valence-electron chi connectivity index (χ4n) is 3.81. The quantitative estimate of drug-likeness (QED) is 0.888. The molecule has 2 fully saturated rings. The summed E-state index contributed by atoms with van der Waals surface area (Å²) in [6.45, 7) is 5.04. The summed E-state index contributed by atoms with van der Waals surface area (Å²) in [5, 5.41) is 0. The summed E-state index contributed by atoms with van der Waals surface area (Å²) < 4.78 is 0. The third-order valence-electron chi connectivity index (χ3n) is 4.85. The van der Waals surface area contributed by atoms with E-state index in [1.165, 1.54) is 50.8 Å². The van der Waals surface area contributed by atoms with E-state index >= 15 is 0 Å². The lowest BCUT2D eigenvalue weighted by atomic mass is 9.75. The number of piperidine rings is 1. The van der Waals surface area contributed by atoms with Crippen molar-refractivity contribution in [2.75, 3.05) is 18.0 Å². The zero-order chi connectivity index (χ0) is 13.2. The molecule has 0 spiro atoms. The lowest BCUT2D eigenvalue weighted by Gasteiger charge is -2.42. The number of aromatic nitrogens is 1. The molecule has 19 heavy (non-hydrogen) atoms. The summed E-state index contributed by atoms with van der Waals surface area (Å²) in [4.78, 5) is 7.20. The fourth-order valence-corrected chi connectivity index (χ4v) is 3.81. The first kappa shape index (κ1) is 12.9. The molecule has 1 aliphatic carbocycles. The molecule has 0 bridgehead atoms. The molecule has 2 aliphatic rings. The van der Waals surface area contributed by atoms with Gasteiger partial charge in [0.05, 0.1) is 0 Å². The molecule has 1 saturated carbocycles. The van der Waals surface area contributed by atoms with Gasteiger partial charge in [0.1, 0.15) is 5.82 Å². The van der Waals surface area contributed by atoms with Crippen molar-refractivity contribution in [3.63, 3.8) is 0 Å². The highest BCUT2D eigenvalue weighted by Gasteiger charge is 2.31. The van der Waals surface area contributed by atoms with Gasteiger partial charge >= 0.3 is 0 Å². The van der Waals surface area contributed by atoms with Gasteiger partial charge in [-0.05, 0) is 49.3 Å². The first-order valence-corrected chi connectivity index (χ1v) is 7.69. The van der Waals surface area contributed by atoms with Crippen LogP contribution in [0.3, 0.4) is 0 Å². The van der Waals surface area contributed by atoms with Crippen LogP contribution in [0.4, 0.5) is 5.82 Å². The van der Waals surface area contributed by atoms with Crippen LogP contribution in [-0.2, 0) is 6.54 Å². The Balaban J connectivity index is 1.77. The Morgan fingerprint density at radius 3 is 2.79 bits per heavy atom. The molecule has 2 N–H and O–H groups in total. The summed E-state index contributed by atoms with van der Waals surface area (Å²) in [7, 11) is 0. The largest absolute Gasteiger partial charge is 0.356 e. The van der Waals surface area contributed by atoms with Crippen molar-refractivity contribution >= 4 is 5.82 Å². The number of pyridine rings is 1. The van der Waals surface area contributed by atoms with Gasteiger partial charge in [0, 0.05) is 25.3 Å². The van der Waals surface area contributed by atoms with Crippen molar-refractivity contribution in [2.45, 2.75) is 45.6 Å². The molecule has 1 aromatic heterocycles. The zero-order valence-corrected chi connectivity index (χ0v) is 11.9. The molecule has 3 rings (SSSR count). The van der Waals surface area contributed by atoms with Crippen LogP contribution in [0.15, 0.2) is 12.1 Å². The fraction of sp³-hybridized carbons (Fsp3) is 0.688. The SMILES string of the molecule is Cc1cc(CN)cc(N2CCC3CCCCC3C2)n1. The molecule has 2 heterocycles. The predicted octanol–water partition coefficient (Wildman–Crippen LogP) is 2.87. The number of hydrogen-bond donors (Lipinski definition) is 1. The molecule has 0 amide bonds. The van der Waals surface area contributed by atoms with Crippen LogP contribution >= 0.6 is 0 Å². The Bertz CT molecular complexity index is 444. The van der Waals surface area contributed by atoms with Crippen molar-refractivity contribution in [1.29, 1.82) is 0 Å². The Labute approximate surface area is 116 Å². The van der Waals surface area contributed by atoms with Gasteiger partial charge in [-0.1, -0.05) is 19.3 Å². The van der Waals surface area contributed by atoms with E-state index in [-0.39, 0.29) is 0 Å². The third-order valence-corrected chi connectivity index (χ3v) is 4.85. The second-order valence-corrected chi connectivity index (χ2v) is 6.22. The molecule has 2 unspecified atom stereocenters. The van der Waals surface area contributed by atoms with Crippen molar-refractivity contribution in [3.05, 3.63) is 23.4 Å². The molecule has 3 nitrogen and oxygen atoms in total. The van der Waals surface area contributed by atoms with Gasteiger partial charge in [0.2, 0.25) is 0 Å². The minimum Gasteiger partial charge on any atom is -0.356 e. The highest BCUT2D eigenvalue weighted by atomic mass is 15.2. The first-order valence-electron chi connectivity index (χ1n) is 7.69. The molecule has 1 saturated heterocycles. The number of nitrogens with zero attached hydrogens (tertiary/aromatic N) is 2. The van der Waals surface area contributed by atoms with Crippen molar-refractivity contribution < 1.29 is 0 Å². The number of anilines is 1. The summed E-state index contributed by atoms with van der Waals surface area (Å²) >= 11 is 0. The van der Waals surface area contributed by atoms with Crippen molar-refractivity contribution in [2.24, 2.45) is 17.6 Å². The van der Waals surface area contributed by atoms with Crippen LogP contribution in [0.25, 0.3) is 0 Å². The summed E-state index contributed by atoms with van der Waals surface area (Å²) in [5.41, 5.74) is 8.07. The highest BCUT2D eigenvalue weighted by Crippen LogP contribution is 2.37. The van der Waals surface area contributed by atoms with Gasteiger partial charge in [0.25, 0.3) is 0 Å². The maximum Gasteiger partial charge on any atom is 0.129 e. The maximum atomic E-state index is 5.78. The minimum atomic E-state index is 0.607. The normalized spacial score (nSPS) is 27.2. The standard InChI is InChI=1S/C16H25N3/c1-12-8-13(10-17)9-16(18-12)19-7-6-14-4-2-3-5-15(14)11-19/h8-9,14-15H,2-7,10-11,17H2,1H3. The van der Waals surface area contributed by atoms with E-state index in [2.05, 4.69) is 24.0 Å². The molecule has 0 aromatic carbocycles. The number of nitrogens with two attached hydrogens (primary N) is 1. The second kappa shape index (κ2) is 5.49. The van der Waals surface area contributed by atoms with Crippen LogP contribution in [-0.4, -0.2) is 18.1 Å². The van der Waals surface area contributed by atoms with E-state index in [0.29, 0.717) is 6.54 Å². The van der Waals surface area contributed by atoms with Crippen molar-refractivity contribution in [1.82, 2.24) is 4.98 Å². The Hall–Kier alpha value is -1.09. The number of hydrogen-bond acceptors (Lipinski definition) is 3. The summed E-state index contributed by atoms with van der Waals surface area (Å²) in [6.07, 6.45) is 7.08. The average molecular weight is 259 g/mol. The molecule has 1 aromatic rings. The second-order valence-electron chi connectivity index (χ2n) is 6.22. The number of aryl methyl sites for hydroxylation is 1. The van der Waals surface area contributed by atoms with Gasteiger partial charge in [-0.2, -0.15) is 0 Å². The molecule has 2 atom stereocenters. The smallest absolute Gasteiger partial charge is 0.129 e. The van der Waals surface area contributed by atoms with Gasteiger partial charge in [-0.15, -0.1) is 0 Å². The lowest BCUT2D eigenvalue weighted by Crippen LogP contribution is -2.42. The topological polar surface area (TPSA) is 42.1 Å². The number of fused-ring (bicyclic) bond motifs is 1. The van der Waals surface area contributed by atoms with Crippen molar-refractivity contribution in [3.8, 4) is 0 Å². The monoisotopic (exact) mass is 259 g/mol. The van der Waals surface area contributed by atoms with Crippen LogP contribution in [0.1, 0.15) is 43.4 Å². The van der Waals surface area contributed by atoms with Gasteiger partial charge in [-0.25, -0.2) is 4.98 Å². The first-order chi connectivity index (χ1) is 9.26. The van der Waals surface area contributed by atoms with E-state index in [9.17, 15) is 0 Å². The molecule has 1 aliphatic heterocycles. The summed E-state index contributed by atoms with van der Waals surface area (Å²) in [5.74, 6) is 3.01. The number of rotatable bonds is 2. The van der Waals surface area contributed by atoms with E-state index in [1.807, 2.05) is 0 Å². The Kier molecular flexibility index (Phi) is 3.74. The third kappa shape index (κ3) is 2.76. The summed E-state index contributed by atoms with van der Waals surface area (Å²) in [6, 6.07) is 4.27. The van der Waals surface area contributed by atoms with Crippen LogP contribution < -0.4 is 10.6 Å². The van der Waals surface area contributed by atoms with E-state index in [4.69, 9.17) is 10.7 Å². The minimum absolute atomic E-state index is 0.607. The molecule has 0 radical (unpaired) electrons. The Morgan fingerprint density at radius 1 is 1.21 bits per heavy atom. The maximum absolute atomic E-state index is 5.78. The Morgan fingerprint density at radius 2 is 2.00 bits per heavy atom. The van der Waals surface area contributed by atoms with Gasteiger partial charge < -0.3 is 10.6 Å². The molecule has 3 heteroatoms. The van der Waals surface area contributed by atoms with E-state index < -0.39 is 0 Å². The molecule has 104 valence electrons. The van der Waals surface area contributed by atoms with Crippen LogP contribution in [0.5, 0.6) is 0 Å². The lowest BCUT2D eigenvalue weighted by molar-refractivity contribution is 0.202. The molecular formula is C16H25N3.